The summed E-state index contributed by atoms with van der Waals surface area (Å²) in [6.45, 7) is 5.47. The van der Waals surface area contributed by atoms with E-state index in [-0.39, 0.29) is 0 Å². The molecule has 15 heavy (non-hydrogen) atoms. The maximum Gasteiger partial charge on any atom is 0.138 e. The normalized spacial score (nSPS) is 10.8. The number of hydrogen-bond donors (Lipinski definition) is 0. The summed E-state index contributed by atoms with van der Waals surface area (Å²) in [5.74, 6) is 1.17. The summed E-state index contributed by atoms with van der Waals surface area (Å²) in [5.41, 5.74) is 0. The Bertz CT molecular complexity index is 255. The molecule has 0 radical (unpaired) electrons. The third-order valence-corrected chi connectivity index (χ3v) is 2.67. The summed E-state index contributed by atoms with van der Waals surface area (Å²) in [6, 6.07) is 0. The summed E-state index contributed by atoms with van der Waals surface area (Å²) in [6.07, 6.45) is 10.4. The van der Waals surface area contributed by atoms with Crippen molar-refractivity contribution in [3.8, 4) is 0 Å². The van der Waals surface area contributed by atoms with Gasteiger partial charge in [-0.05, 0) is 12.8 Å². The fraction of sp³-hybridized carbons (Fsp3) is 0.833. The van der Waals surface area contributed by atoms with Crippen LogP contribution in [-0.2, 0) is 13.0 Å². The Morgan fingerprint density at radius 3 is 2.60 bits per heavy atom. The monoisotopic (exact) mass is 209 g/mol. The van der Waals surface area contributed by atoms with Crippen LogP contribution in [0.5, 0.6) is 0 Å². The zero-order chi connectivity index (χ0) is 10.9. The Kier molecular flexibility index (Phi) is 6.05. The lowest BCUT2D eigenvalue weighted by atomic mass is 10.1. The molecule has 86 valence electrons. The van der Waals surface area contributed by atoms with Gasteiger partial charge in [0.2, 0.25) is 0 Å². The van der Waals surface area contributed by atoms with E-state index in [4.69, 9.17) is 0 Å². The van der Waals surface area contributed by atoms with Gasteiger partial charge in [0.25, 0.3) is 0 Å². The van der Waals surface area contributed by atoms with E-state index in [9.17, 15) is 0 Å². The molecule has 3 heteroatoms. The molecule has 0 aromatic carbocycles. The molecule has 0 aliphatic carbocycles. The van der Waals surface area contributed by atoms with Crippen LogP contribution in [0.2, 0.25) is 0 Å². The quantitative estimate of drug-likeness (QED) is 0.615. The highest BCUT2D eigenvalue weighted by molar-refractivity contribution is 4.84. The molecule has 0 amide bonds. The van der Waals surface area contributed by atoms with Gasteiger partial charge in [-0.3, -0.25) is 4.68 Å². The third kappa shape index (κ3) is 4.45. The predicted molar refractivity (Wildman–Crippen MR) is 62.8 cm³/mol. The van der Waals surface area contributed by atoms with Crippen LogP contribution in [0.15, 0.2) is 6.33 Å². The summed E-state index contributed by atoms with van der Waals surface area (Å²) < 4.78 is 2.06. The number of rotatable bonds is 8. The van der Waals surface area contributed by atoms with Crippen molar-refractivity contribution >= 4 is 0 Å². The first-order valence-electron chi connectivity index (χ1n) is 6.25. The number of aryl methyl sites for hydroxylation is 2. The van der Waals surface area contributed by atoms with Crippen LogP contribution in [0.3, 0.4) is 0 Å². The topological polar surface area (TPSA) is 30.7 Å². The molecule has 1 rings (SSSR count). The van der Waals surface area contributed by atoms with E-state index in [0.29, 0.717) is 0 Å². The standard InChI is InChI=1S/C12H23N3/c1-3-5-7-8-9-12-13-11-14-15(12)10-6-4-2/h11H,3-10H2,1-2H3. The number of nitrogens with zero attached hydrogens (tertiary/aromatic N) is 3. The molecule has 1 aromatic heterocycles. The second kappa shape index (κ2) is 7.43. The Balaban J connectivity index is 2.29. The van der Waals surface area contributed by atoms with Crippen LogP contribution in [-0.4, -0.2) is 14.8 Å². The fourth-order valence-electron chi connectivity index (χ4n) is 1.69. The zero-order valence-electron chi connectivity index (χ0n) is 10.1. The van der Waals surface area contributed by atoms with Crippen LogP contribution in [0, 0.1) is 0 Å². The van der Waals surface area contributed by atoms with Gasteiger partial charge in [-0.1, -0.05) is 39.5 Å². The molecule has 0 saturated carbocycles. The maximum absolute atomic E-state index is 4.32. The van der Waals surface area contributed by atoms with Crippen LogP contribution in [0.1, 0.15) is 58.2 Å². The van der Waals surface area contributed by atoms with Crippen LogP contribution in [0.25, 0.3) is 0 Å². The van der Waals surface area contributed by atoms with Crippen LogP contribution < -0.4 is 0 Å². The van der Waals surface area contributed by atoms with Crippen molar-refractivity contribution in [2.45, 2.75) is 65.3 Å². The Morgan fingerprint density at radius 1 is 1.07 bits per heavy atom. The minimum Gasteiger partial charge on any atom is -0.250 e. The average Bonchev–Trinajstić information content (AvgIpc) is 2.69. The van der Waals surface area contributed by atoms with Gasteiger partial charge >= 0.3 is 0 Å². The van der Waals surface area contributed by atoms with Crippen molar-refractivity contribution in [3.63, 3.8) is 0 Å². The number of aromatic nitrogens is 3. The molecule has 0 fully saturated rings. The van der Waals surface area contributed by atoms with Crippen molar-refractivity contribution in [1.82, 2.24) is 14.8 Å². The van der Waals surface area contributed by atoms with Crippen molar-refractivity contribution in [1.29, 1.82) is 0 Å². The average molecular weight is 209 g/mol. The highest BCUT2D eigenvalue weighted by Gasteiger charge is 2.02. The van der Waals surface area contributed by atoms with E-state index in [1.165, 1.54) is 44.3 Å². The zero-order valence-corrected chi connectivity index (χ0v) is 10.1. The molecule has 0 aliphatic heterocycles. The largest absolute Gasteiger partial charge is 0.250 e. The summed E-state index contributed by atoms with van der Waals surface area (Å²) in [7, 11) is 0. The van der Waals surface area contributed by atoms with Crippen molar-refractivity contribution < 1.29 is 0 Å². The second-order valence-electron chi connectivity index (χ2n) is 4.06. The molecule has 0 N–H and O–H groups in total. The van der Waals surface area contributed by atoms with Gasteiger partial charge in [0.15, 0.2) is 0 Å². The van der Waals surface area contributed by atoms with Gasteiger partial charge in [0.05, 0.1) is 0 Å². The first kappa shape index (κ1) is 12.2. The van der Waals surface area contributed by atoms with Crippen molar-refractivity contribution in [3.05, 3.63) is 12.2 Å². The summed E-state index contributed by atoms with van der Waals surface area (Å²) in [4.78, 5) is 4.32. The van der Waals surface area contributed by atoms with Crippen LogP contribution in [0.4, 0.5) is 0 Å². The lowest BCUT2D eigenvalue weighted by Crippen LogP contribution is -2.05. The van der Waals surface area contributed by atoms with Gasteiger partial charge < -0.3 is 0 Å². The molecule has 0 aliphatic rings. The van der Waals surface area contributed by atoms with E-state index in [1.807, 2.05) is 0 Å². The van der Waals surface area contributed by atoms with E-state index in [0.717, 1.165) is 13.0 Å². The van der Waals surface area contributed by atoms with Gasteiger partial charge in [0.1, 0.15) is 12.2 Å². The fourth-order valence-corrected chi connectivity index (χ4v) is 1.69. The SMILES string of the molecule is CCCCCCc1ncnn1CCCC. The van der Waals surface area contributed by atoms with E-state index in [2.05, 4.69) is 28.6 Å². The van der Waals surface area contributed by atoms with Gasteiger partial charge in [-0.15, -0.1) is 0 Å². The Hall–Kier alpha value is -0.860. The molecular weight excluding hydrogens is 186 g/mol. The van der Waals surface area contributed by atoms with Crippen LogP contribution >= 0.6 is 0 Å². The van der Waals surface area contributed by atoms with Crippen molar-refractivity contribution in [2.24, 2.45) is 0 Å². The van der Waals surface area contributed by atoms with Gasteiger partial charge in [-0.2, -0.15) is 5.10 Å². The molecule has 0 unspecified atom stereocenters. The maximum atomic E-state index is 4.32. The van der Waals surface area contributed by atoms with E-state index in [1.54, 1.807) is 6.33 Å². The first-order chi connectivity index (χ1) is 7.38. The van der Waals surface area contributed by atoms with E-state index >= 15 is 0 Å². The molecule has 0 spiro atoms. The molecule has 0 saturated heterocycles. The third-order valence-electron chi connectivity index (χ3n) is 2.67. The smallest absolute Gasteiger partial charge is 0.138 e. The van der Waals surface area contributed by atoms with Crippen molar-refractivity contribution in [2.75, 3.05) is 0 Å². The Morgan fingerprint density at radius 2 is 1.87 bits per heavy atom. The lowest BCUT2D eigenvalue weighted by Gasteiger charge is -2.04. The summed E-state index contributed by atoms with van der Waals surface area (Å²) in [5, 5.41) is 4.26. The van der Waals surface area contributed by atoms with Gasteiger partial charge in [-0.25, -0.2) is 4.98 Å². The first-order valence-corrected chi connectivity index (χ1v) is 6.25. The molecule has 0 bridgehead atoms. The highest BCUT2D eigenvalue weighted by atomic mass is 15.3. The lowest BCUT2D eigenvalue weighted by molar-refractivity contribution is 0.532. The Labute approximate surface area is 92.9 Å². The molecule has 3 nitrogen and oxygen atoms in total. The minimum atomic E-state index is 1.03. The van der Waals surface area contributed by atoms with E-state index < -0.39 is 0 Å². The number of unbranched alkanes of at least 4 members (excludes halogenated alkanes) is 4. The number of hydrogen-bond acceptors (Lipinski definition) is 2. The summed E-state index contributed by atoms with van der Waals surface area (Å²) >= 11 is 0. The molecular formula is C12H23N3. The molecule has 0 atom stereocenters. The predicted octanol–water partition coefficient (Wildman–Crippen LogP) is 3.20. The van der Waals surface area contributed by atoms with Gasteiger partial charge in [0, 0.05) is 13.0 Å². The minimum absolute atomic E-state index is 1.03. The highest BCUT2D eigenvalue weighted by Crippen LogP contribution is 2.06. The molecule has 1 aromatic rings. The second-order valence-corrected chi connectivity index (χ2v) is 4.06. The molecule has 1 heterocycles.